The lowest BCUT2D eigenvalue weighted by Crippen LogP contribution is -2.64. The van der Waals surface area contributed by atoms with Crippen molar-refractivity contribution in [3.8, 4) is 0 Å². The molecule has 0 radical (unpaired) electrons. The molecule has 3 fully saturated rings. The summed E-state index contributed by atoms with van der Waals surface area (Å²) in [6.45, 7) is 7.31. The molecule has 1 saturated heterocycles. The molecule has 0 bridgehead atoms. The van der Waals surface area contributed by atoms with Crippen molar-refractivity contribution in [2.24, 2.45) is 5.92 Å². The third-order valence-corrected chi connectivity index (χ3v) is 5.47. The van der Waals surface area contributed by atoms with E-state index in [2.05, 4.69) is 24.1 Å². The van der Waals surface area contributed by atoms with Crippen molar-refractivity contribution in [3.63, 3.8) is 0 Å². The first kappa shape index (κ1) is 12.0. The van der Waals surface area contributed by atoms with Crippen LogP contribution in [0.25, 0.3) is 0 Å². The molecule has 1 N–H and O–H groups in total. The van der Waals surface area contributed by atoms with Crippen molar-refractivity contribution in [1.82, 2.24) is 10.2 Å². The van der Waals surface area contributed by atoms with Gasteiger partial charge in [0.2, 0.25) is 0 Å². The van der Waals surface area contributed by atoms with Crippen molar-refractivity contribution in [1.29, 1.82) is 0 Å². The molecule has 3 atom stereocenters. The second kappa shape index (κ2) is 4.55. The van der Waals surface area contributed by atoms with Crippen LogP contribution >= 0.6 is 0 Å². The van der Waals surface area contributed by atoms with Gasteiger partial charge in [0.05, 0.1) is 0 Å². The molecule has 2 nitrogen and oxygen atoms in total. The van der Waals surface area contributed by atoms with Crippen molar-refractivity contribution in [2.45, 2.75) is 76.4 Å². The van der Waals surface area contributed by atoms with Gasteiger partial charge in [-0.25, -0.2) is 0 Å². The fourth-order valence-electron chi connectivity index (χ4n) is 4.13. The van der Waals surface area contributed by atoms with Crippen LogP contribution in [0.15, 0.2) is 0 Å². The highest BCUT2D eigenvalue weighted by Gasteiger charge is 2.47. The lowest BCUT2D eigenvalue weighted by molar-refractivity contribution is 0.0530. The van der Waals surface area contributed by atoms with Gasteiger partial charge >= 0.3 is 0 Å². The molecule has 2 heteroatoms. The standard InChI is InChI=1S/C15H28N2/c1-3-13-9-14(13)17-11-15(16-10-12(17)2)7-5-4-6-8-15/h12-14,16H,3-11H2,1-2H3. The van der Waals surface area contributed by atoms with Crippen LogP contribution in [0.3, 0.4) is 0 Å². The smallest absolute Gasteiger partial charge is 0.0309 e. The molecule has 1 heterocycles. The second-order valence-corrected chi connectivity index (χ2v) is 6.71. The van der Waals surface area contributed by atoms with Crippen molar-refractivity contribution in [2.75, 3.05) is 13.1 Å². The van der Waals surface area contributed by atoms with Gasteiger partial charge in [0, 0.05) is 30.7 Å². The molecule has 0 aromatic carbocycles. The van der Waals surface area contributed by atoms with E-state index >= 15 is 0 Å². The molecule has 3 rings (SSSR count). The van der Waals surface area contributed by atoms with Gasteiger partial charge < -0.3 is 5.32 Å². The lowest BCUT2D eigenvalue weighted by atomic mass is 9.79. The number of nitrogens with zero attached hydrogens (tertiary/aromatic N) is 1. The van der Waals surface area contributed by atoms with E-state index in [-0.39, 0.29) is 0 Å². The highest BCUT2D eigenvalue weighted by molar-refractivity contribution is 5.05. The molecule has 17 heavy (non-hydrogen) atoms. The van der Waals surface area contributed by atoms with E-state index in [1.165, 1.54) is 58.0 Å². The van der Waals surface area contributed by atoms with E-state index in [0.717, 1.165) is 18.0 Å². The molecular formula is C15H28N2. The maximum Gasteiger partial charge on any atom is 0.0309 e. The second-order valence-electron chi connectivity index (χ2n) is 6.71. The van der Waals surface area contributed by atoms with Gasteiger partial charge in [0.15, 0.2) is 0 Å². The largest absolute Gasteiger partial charge is 0.308 e. The molecule has 0 aromatic rings. The van der Waals surface area contributed by atoms with Gasteiger partial charge in [-0.1, -0.05) is 32.6 Å². The summed E-state index contributed by atoms with van der Waals surface area (Å²) in [5, 5.41) is 3.89. The number of rotatable bonds is 2. The Morgan fingerprint density at radius 3 is 2.65 bits per heavy atom. The average Bonchev–Trinajstić information content (AvgIpc) is 3.13. The third kappa shape index (κ3) is 2.26. The van der Waals surface area contributed by atoms with E-state index in [4.69, 9.17) is 0 Å². The topological polar surface area (TPSA) is 15.3 Å². The SMILES string of the molecule is CCC1CC1N1CC2(CCCCC2)NCC1C. The summed E-state index contributed by atoms with van der Waals surface area (Å²) in [7, 11) is 0. The molecule has 0 aromatic heterocycles. The van der Waals surface area contributed by atoms with E-state index in [1.54, 1.807) is 0 Å². The van der Waals surface area contributed by atoms with Crippen LogP contribution in [-0.4, -0.2) is 35.6 Å². The van der Waals surface area contributed by atoms with E-state index in [0.29, 0.717) is 5.54 Å². The quantitative estimate of drug-likeness (QED) is 0.793. The zero-order valence-corrected chi connectivity index (χ0v) is 11.5. The molecule has 1 spiro atoms. The Kier molecular flexibility index (Phi) is 3.20. The first-order chi connectivity index (χ1) is 8.24. The Bertz CT molecular complexity index is 270. The highest BCUT2D eigenvalue weighted by Crippen LogP contribution is 2.42. The van der Waals surface area contributed by atoms with Crippen LogP contribution in [0.5, 0.6) is 0 Å². The van der Waals surface area contributed by atoms with Crippen molar-refractivity contribution >= 4 is 0 Å². The minimum absolute atomic E-state index is 0.492. The van der Waals surface area contributed by atoms with Gasteiger partial charge in [-0.05, 0) is 32.1 Å². The van der Waals surface area contributed by atoms with Gasteiger partial charge in [0.1, 0.15) is 0 Å². The number of nitrogens with one attached hydrogen (secondary N) is 1. The summed E-state index contributed by atoms with van der Waals surface area (Å²) in [6.07, 6.45) is 10.0. The molecule has 3 aliphatic rings. The Morgan fingerprint density at radius 1 is 1.24 bits per heavy atom. The maximum atomic E-state index is 3.89. The summed E-state index contributed by atoms with van der Waals surface area (Å²) in [5.74, 6) is 1.01. The van der Waals surface area contributed by atoms with Gasteiger partial charge in [-0.3, -0.25) is 4.90 Å². The monoisotopic (exact) mass is 236 g/mol. The summed E-state index contributed by atoms with van der Waals surface area (Å²) in [5.41, 5.74) is 0.492. The summed E-state index contributed by atoms with van der Waals surface area (Å²) in [6, 6.07) is 1.68. The predicted octanol–water partition coefficient (Wildman–Crippen LogP) is 2.78. The summed E-state index contributed by atoms with van der Waals surface area (Å²) >= 11 is 0. The van der Waals surface area contributed by atoms with Crippen molar-refractivity contribution < 1.29 is 0 Å². The van der Waals surface area contributed by atoms with E-state index < -0.39 is 0 Å². The predicted molar refractivity (Wildman–Crippen MR) is 72.2 cm³/mol. The Labute approximate surface area is 106 Å². The van der Waals surface area contributed by atoms with Crippen LogP contribution in [0.2, 0.25) is 0 Å². The Morgan fingerprint density at radius 2 is 2.00 bits per heavy atom. The maximum absolute atomic E-state index is 3.89. The minimum atomic E-state index is 0.492. The first-order valence-corrected chi connectivity index (χ1v) is 7.75. The fraction of sp³-hybridized carbons (Fsp3) is 1.00. The van der Waals surface area contributed by atoms with Crippen LogP contribution < -0.4 is 5.32 Å². The van der Waals surface area contributed by atoms with Gasteiger partial charge in [0.25, 0.3) is 0 Å². The van der Waals surface area contributed by atoms with Gasteiger partial charge in [-0.2, -0.15) is 0 Å². The first-order valence-electron chi connectivity index (χ1n) is 7.75. The molecule has 2 aliphatic carbocycles. The molecule has 98 valence electrons. The minimum Gasteiger partial charge on any atom is -0.308 e. The Hall–Kier alpha value is -0.0800. The van der Waals surface area contributed by atoms with Crippen molar-refractivity contribution in [3.05, 3.63) is 0 Å². The van der Waals surface area contributed by atoms with Crippen LogP contribution in [0, 0.1) is 5.92 Å². The molecular weight excluding hydrogens is 208 g/mol. The van der Waals surface area contributed by atoms with E-state index in [1.807, 2.05) is 0 Å². The number of hydrogen-bond acceptors (Lipinski definition) is 2. The molecule has 1 aliphatic heterocycles. The fourth-order valence-corrected chi connectivity index (χ4v) is 4.13. The van der Waals surface area contributed by atoms with Crippen LogP contribution in [0.4, 0.5) is 0 Å². The number of piperazine rings is 1. The average molecular weight is 236 g/mol. The van der Waals surface area contributed by atoms with Gasteiger partial charge in [-0.15, -0.1) is 0 Å². The lowest BCUT2D eigenvalue weighted by Gasteiger charge is -2.49. The van der Waals surface area contributed by atoms with E-state index in [9.17, 15) is 0 Å². The highest BCUT2D eigenvalue weighted by atomic mass is 15.3. The zero-order valence-electron chi connectivity index (χ0n) is 11.5. The number of hydrogen-bond donors (Lipinski definition) is 1. The summed E-state index contributed by atoms with van der Waals surface area (Å²) in [4.78, 5) is 2.84. The third-order valence-electron chi connectivity index (χ3n) is 5.47. The zero-order chi connectivity index (χ0) is 11.9. The molecule has 2 saturated carbocycles. The van der Waals surface area contributed by atoms with Crippen LogP contribution in [-0.2, 0) is 0 Å². The normalized spacial score (nSPS) is 41.6. The van der Waals surface area contributed by atoms with Crippen LogP contribution in [0.1, 0.15) is 58.8 Å². The Balaban J connectivity index is 1.66. The molecule has 3 unspecified atom stereocenters. The molecule has 0 amide bonds. The summed E-state index contributed by atoms with van der Waals surface area (Å²) < 4.78 is 0.